The first kappa shape index (κ1) is 31.6. The number of pyridine rings is 1. The van der Waals surface area contributed by atoms with Gasteiger partial charge >= 0.3 is 6.09 Å². The van der Waals surface area contributed by atoms with Crippen LogP contribution in [0.2, 0.25) is 5.02 Å². The molecule has 1 aromatic carbocycles. The molecule has 0 radical (unpaired) electrons. The number of carbonyl (C=O) groups is 1. The zero-order valence-electron chi connectivity index (χ0n) is 21.1. The van der Waals surface area contributed by atoms with Gasteiger partial charge in [-0.3, -0.25) is 5.32 Å². The van der Waals surface area contributed by atoms with Crippen molar-refractivity contribution in [1.82, 2.24) is 19.9 Å². The maximum absolute atomic E-state index is 12.0. The van der Waals surface area contributed by atoms with Crippen LogP contribution in [-0.4, -0.2) is 58.2 Å². The summed E-state index contributed by atoms with van der Waals surface area (Å²) in [5, 5.41) is 6.89. The monoisotopic (exact) mass is 556 g/mol. The standard InChI is InChI=1S/C25H33ClN6O2.2ClH/c1-5-32(6-2)14-8-9-17(4)28-20-15-22(31-25(33)34-7-3)30-24-23(20)29-21(16-27-24)18-10-12-19(26)13-11-18;;/h10-13,15-17H,5-9,14H2,1-4H3,(H2,27,28,30,31,33);2*1H. The fraction of sp³-hybridized carbons (Fsp3) is 0.440. The van der Waals surface area contributed by atoms with Gasteiger partial charge in [0.05, 0.1) is 24.2 Å². The molecule has 2 heterocycles. The van der Waals surface area contributed by atoms with Crippen LogP contribution in [0, 0.1) is 0 Å². The Morgan fingerprint density at radius 1 is 1.11 bits per heavy atom. The number of rotatable bonds is 11. The van der Waals surface area contributed by atoms with Gasteiger partial charge in [-0.05, 0) is 58.5 Å². The molecule has 1 atom stereocenters. The summed E-state index contributed by atoms with van der Waals surface area (Å²) >= 11 is 6.03. The quantitative estimate of drug-likeness (QED) is 0.272. The Kier molecular flexibility index (Phi) is 13.8. The van der Waals surface area contributed by atoms with Crippen molar-refractivity contribution in [3.63, 3.8) is 0 Å². The van der Waals surface area contributed by atoms with Crippen molar-refractivity contribution in [2.24, 2.45) is 0 Å². The molecule has 0 fully saturated rings. The zero-order valence-corrected chi connectivity index (χ0v) is 23.5. The van der Waals surface area contributed by atoms with E-state index in [9.17, 15) is 4.79 Å². The van der Waals surface area contributed by atoms with Gasteiger partial charge in [-0.15, -0.1) is 24.8 Å². The number of hydrogen-bond acceptors (Lipinski definition) is 7. The molecule has 8 nitrogen and oxygen atoms in total. The lowest BCUT2D eigenvalue weighted by Gasteiger charge is -2.21. The van der Waals surface area contributed by atoms with Crippen molar-refractivity contribution in [3.05, 3.63) is 41.6 Å². The third-order valence-electron chi connectivity index (χ3n) is 5.57. The van der Waals surface area contributed by atoms with Gasteiger partial charge in [-0.2, -0.15) is 0 Å². The van der Waals surface area contributed by atoms with Gasteiger partial charge in [-0.25, -0.2) is 19.7 Å². The Morgan fingerprint density at radius 2 is 1.81 bits per heavy atom. The van der Waals surface area contributed by atoms with Gasteiger partial charge in [0.1, 0.15) is 11.3 Å². The summed E-state index contributed by atoms with van der Waals surface area (Å²) in [6.07, 6.45) is 3.18. The number of halogens is 3. The molecule has 3 aromatic rings. The number of aromatic nitrogens is 3. The summed E-state index contributed by atoms with van der Waals surface area (Å²) in [7, 11) is 0. The van der Waals surface area contributed by atoms with Crippen LogP contribution < -0.4 is 10.6 Å². The minimum Gasteiger partial charge on any atom is -0.450 e. The van der Waals surface area contributed by atoms with Crippen LogP contribution >= 0.6 is 36.4 Å². The summed E-state index contributed by atoms with van der Waals surface area (Å²) < 4.78 is 5.00. The number of nitrogens with zero attached hydrogens (tertiary/aromatic N) is 4. The summed E-state index contributed by atoms with van der Waals surface area (Å²) in [5.41, 5.74) is 3.46. The van der Waals surface area contributed by atoms with E-state index in [-0.39, 0.29) is 37.5 Å². The van der Waals surface area contributed by atoms with Crippen molar-refractivity contribution >= 4 is 65.2 Å². The molecule has 0 saturated heterocycles. The number of nitrogens with one attached hydrogen (secondary N) is 2. The summed E-state index contributed by atoms with van der Waals surface area (Å²) in [6.45, 7) is 11.7. The molecule has 0 bridgehead atoms. The van der Waals surface area contributed by atoms with E-state index in [0.29, 0.717) is 27.7 Å². The van der Waals surface area contributed by atoms with Crippen LogP contribution in [0.15, 0.2) is 36.5 Å². The first-order valence-electron chi connectivity index (χ1n) is 11.8. The maximum Gasteiger partial charge on any atom is 0.412 e. The SMILES string of the molecule is CCOC(=O)Nc1cc(NC(C)CCCN(CC)CC)c2nc(-c3ccc(Cl)cc3)cnc2n1.Cl.Cl. The van der Waals surface area contributed by atoms with E-state index < -0.39 is 6.09 Å². The Balaban J connectivity index is 0.00000324. The first-order chi connectivity index (χ1) is 16.4. The van der Waals surface area contributed by atoms with Crippen LogP contribution in [0.25, 0.3) is 22.4 Å². The molecule has 3 rings (SSSR count). The first-order valence-corrected chi connectivity index (χ1v) is 12.2. The number of carbonyl (C=O) groups excluding carboxylic acids is 1. The lowest BCUT2D eigenvalue weighted by atomic mass is 10.1. The molecular formula is C25H35Cl3N6O2. The number of ether oxygens (including phenoxy) is 1. The molecule has 2 aromatic heterocycles. The lowest BCUT2D eigenvalue weighted by molar-refractivity contribution is 0.168. The van der Waals surface area contributed by atoms with E-state index in [1.54, 1.807) is 19.2 Å². The highest BCUT2D eigenvalue weighted by Crippen LogP contribution is 2.27. The van der Waals surface area contributed by atoms with Crippen molar-refractivity contribution in [1.29, 1.82) is 0 Å². The normalized spacial score (nSPS) is 11.4. The Bertz CT molecular complexity index is 1100. The average molecular weight is 558 g/mol. The van der Waals surface area contributed by atoms with E-state index >= 15 is 0 Å². The fourth-order valence-electron chi connectivity index (χ4n) is 3.70. The molecule has 0 aliphatic heterocycles. The highest BCUT2D eigenvalue weighted by Gasteiger charge is 2.15. The number of benzene rings is 1. The van der Waals surface area contributed by atoms with Crippen molar-refractivity contribution in [2.45, 2.75) is 46.6 Å². The van der Waals surface area contributed by atoms with E-state index in [0.717, 1.165) is 43.7 Å². The lowest BCUT2D eigenvalue weighted by Crippen LogP contribution is -2.25. The minimum atomic E-state index is -0.557. The predicted octanol–water partition coefficient (Wildman–Crippen LogP) is 6.68. The third-order valence-corrected chi connectivity index (χ3v) is 5.82. The molecule has 0 spiro atoms. The second kappa shape index (κ2) is 15.7. The number of fused-ring (bicyclic) bond motifs is 1. The summed E-state index contributed by atoms with van der Waals surface area (Å²) in [6, 6.07) is 9.43. The summed E-state index contributed by atoms with van der Waals surface area (Å²) in [4.78, 5) is 28.2. The van der Waals surface area contributed by atoms with Crippen LogP contribution in [0.5, 0.6) is 0 Å². The van der Waals surface area contributed by atoms with Gasteiger partial charge in [0.2, 0.25) is 0 Å². The number of amides is 1. The number of hydrogen-bond donors (Lipinski definition) is 2. The Morgan fingerprint density at radius 3 is 2.44 bits per heavy atom. The molecule has 198 valence electrons. The second-order valence-electron chi connectivity index (χ2n) is 8.05. The van der Waals surface area contributed by atoms with E-state index in [1.165, 1.54) is 0 Å². The molecule has 36 heavy (non-hydrogen) atoms. The molecule has 0 saturated carbocycles. The average Bonchev–Trinajstić information content (AvgIpc) is 2.82. The topological polar surface area (TPSA) is 92.3 Å². The van der Waals surface area contributed by atoms with Crippen molar-refractivity contribution in [2.75, 3.05) is 36.9 Å². The Hall–Kier alpha value is -2.39. The summed E-state index contributed by atoms with van der Waals surface area (Å²) in [5.74, 6) is 0.359. The Labute approximate surface area is 230 Å². The molecule has 0 aliphatic rings. The van der Waals surface area contributed by atoms with Gasteiger partial charge in [-0.1, -0.05) is 37.6 Å². The molecule has 0 aliphatic carbocycles. The molecule has 1 amide bonds. The van der Waals surface area contributed by atoms with E-state index in [2.05, 4.69) is 46.3 Å². The zero-order chi connectivity index (χ0) is 24.5. The highest BCUT2D eigenvalue weighted by molar-refractivity contribution is 6.30. The minimum absolute atomic E-state index is 0. The van der Waals surface area contributed by atoms with Crippen LogP contribution in [0.4, 0.5) is 16.3 Å². The third kappa shape index (κ3) is 8.92. The van der Waals surface area contributed by atoms with Gasteiger partial charge in [0.15, 0.2) is 5.65 Å². The number of anilines is 2. The highest BCUT2D eigenvalue weighted by atomic mass is 35.5. The van der Waals surface area contributed by atoms with Crippen LogP contribution in [0.3, 0.4) is 0 Å². The predicted molar refractivity (Wildman–Crippen MR) is 153 cm³/mol. The fourth-order valence-corrected chi connectivity index (χ4v) is 3.83. The maximum atomic E-state index is 12.0. The van der Waals surface area contributed by atoms with Crippen LogP contribution in [0.1, 0.15) is 40.5 Å². The molecule has 1 unspecified atom stereocenters. The van der Waals surface area contributed by atoms with Crippen molar-refractivity contribution in [3.8, 4) is 11.3 Å². The van der Waals surface area contributed by atoms with Gasteiger partial charge in [0.25, 0.3) is 0 Å². The molecule has 11 heteroatoms. The van der Waals surface area contributed by atoms with Crippen molar-refractivity contribution < 1.29 is 9.53 Å². The smallest absolute Gasteiger partial charge is 0.412 e. The van der Waals surface area contributed by atoms with Gasteiger partial charge < -0.3 is 15.0 Å². The van der Waals surface area contributed by atoms with E-state index in [4.69, 9.17) is 21.3 Å². The van der Waals surface area contributed by atoms with Crippen LogP contribution in [-0.2, 0) is 4.74 Å². The largest absolute Gasteiger partial charge is 0.450 e. The molecular weight excluding hydrogens is 523 g/mol. The van der Waals surface area contributed by atoms with Gasteiger partial charge in [0, 0.05) is 22.7 Å². The van der Waals surface area contributed by atoms with E-state index in [1.807, 2.05) is 24.3 Å². The second-order valence-corrected chi connectivity index (χ2v) is 8.49. The molecule has 2 N–H and O–H groups in total.